The molecule has 0 radical (unpaired) electrons. The van der Waals surface area contributed by atoms with Gasteiger partial charge in [0.1, 0.15) is 6.54 Å². The number of carbonyl (C=O) groups is 2. The van der Waals surface area contributed by atoms with Gasteiger partial charge < -0.3 is 20.4 Å². The van der Waals surface area contributed by atoms with Crippen molar-refractivity contribution in [1.82, 2.24) is 25.3 Å². The van der Waals surface area contributed by atoms with Gasteiger partial charge in [-0.2, -0.15) is 0 Å². The predicted octanol–water partition coefficient (Wildman–Crippen LogP) is -0.0556. The Labute approximate surface area is 173 Å². The number of hydrogen-bond donors (Lipinski definition) is 2. The van der Waals surface area contributed by atoms with Gasteiger partial charge in [0.25, 0.3) is 0 Å². The molecule has 0 spiro atoms. The second kappa shape index (κ2) is 11.6. The Morgan fingerprint density at radius 1 is 1.15 bits per heavy atom. The molecular formula is C17H33IN6O2. The molecule has 0 aromatic rings. The van der Waals surface area contributed by atoms with E-state index in [1.165, 1.54) is 0 Å². The number of amides is 2. The van der Waals surface area contributed by atoms with Crippen LogP contribution in [-0.2, 0) is 9.59 Å². The average Bonchev–Trinajstić information content (AvgIpc) is 3.39. The summed E-state index contributed by atoms with van der Waals surface area (Å²) in [5, 5.41) is 6.36. The Kier molecular flexibility index (Phi) is 10.2. The molecule has 150 valence electrons. The van der Waals surface area contributed by atoms with Crippen molar-refractivity contribution in [2.75, 3.05) is 59.9 Å². The van der Waals surface area contributed by atoms with Crippen LogP contribution in [0.15, 0.2) is 4.99 Å². The number of nitrogens with zero attached hydrogens (tertiary/aromatic N) is 4. The highest BCUT2D eigenvalue weighted by Crippen LogP contribution is 2.18. The summed E-state index contributed by atoms with van der Waals surface area (Å²) in [7, 11) is 3.48. The maximum Gasteiger partial charge on any atom is 0.243 e. The molecule has 0 aromatic heterocycles. The lowest BCUT2D eigenvalue weighted by Crippen LogP contribution is -2.54. The monoisotopic (exact) mass is 480 g/mol. The van der Waals surface area contributed by atoms with E-state index < -0.39 is 0 Å². The van der Waals surface area contributed by atoms with Gasteiger partial charge >= 0.3 is 0 Å². The van der Waals surface area contributed by atoms with Crippen LogP contribution in [0, 0.1) is 0 Å². The van der Waals surface area contributed by atoms with Gasteiger partial charge in [-0.3, -0.25) is 14.5 Å². The molecule has 2 amide bonds. The van der Waals surface area contributed by atoms with E-state index in [4.69, 9.17) is 0 Å². The van der Waals surface area contributed by atoms with E-state index in [0.29, 0.717) is 12.6 Å². The number of carbonyl (C=O) groups excluding carboxylic acids is 2. The van der Waals surface area contributed by atoms with Crippen molar-refractivity contribution in [3.8, 4) is 0 Å². The molecule has 1 heterocycles. The van der Waals surface area contributed by atoms with E-state index in [0.717, 1.165) is 57.9 Å². The van der Waals surface area contributed by atoms with Crippen LogP contribution in [0.1, 0.15) is 26.2 Å². The predicted molar refractivity (Wildman–Crippen MR) is 114 cm³/mol. The van der Waals surface area contributed by atoms with Crippen molar-refractivity contribution in [1.29, 1.82) is 0 Å². The van der Waals surface area contributed by atoms with E-state index >= 15 is 0 Å². The van der Waals surface area contributed by atoms with E-state index in [2.05, 4.69) is 32.3 Å². The first-order valence-corrected chi connectivity index (χ1v) is 9.24. The summed E-state index contributed by atoms with van der Waals surface area (Å²) in [4.78, 5) is 34.1. The van der Waals surface area contributed by atoms with Crippen molar-refractivity contribution in [3.05, 3.63) is 0 Å². The lowest BCUT2D eigenvalue weighted by Gasteiger charge is -2.36. The van der Waals surface area contributed by atoms with Gasteiger partial charge in [0.05, 0.1) is 6.54 Å². The van der Waals surface area contributed by atoms with Gasteiger partial charge in [0.15, 0.2) is 5.96 Å². The molecule has 0 unspecified atom stereocenters. The molecule has 26 heavy (non-hydrogen) atoms. The number of likely N-dealkylation sites (N-methyl/N-ethyl adjacent to an activating group) is 1. The van der Waals surface area contributed by atoms with E-state index in [9.17, 15) is 9.59 Å². The molecule has 2 fully saturated rings. The molecule has 0 aromatic carbocycles. The van der Waals surface area contributed by atoms with Crippen molar-refractivity contribution in [2.24, 2.45) is 4.99 Å². The van der Waals surface area contributed by atoms with E-state index in [1.807, 2.05) is 0 Å². The highest BCUT2D eigenvalue weighted by atomic mass is 127. The Morgan fingerprint density at radius 3 is 2.35 bits per heavy atom. The number of rotatable bonds is 7. The highest BCUT2D eigenvalue weighted by Gasteiger charge is 2.26. The third kappa shape index (κ3) is 8.07. The van der Waals surface area contributed by atoms with Gasteiger partial charge in [0.2, 0.25) is 11.8 Å². The summed E-state index contributed by atoms with van der Waals surface area (Å²) in [6.07, 6.45) is 3.24. The average molecular weight is 480 g/mol. The fraction of sp³-hybridized carbons (Fsp3) is 0.824. The number of halogens is 1. The SMILES string of the molecule is CCCNC(=NCC(=O)N(C)C)N1CCN(CC(=O)NC2CC2)CC1.I. The summed E-state index contributed by atoms with van der Waals surface area (Å²) < 4.78 is 0. The fourth-order valence-corrected chi connectivity index (χ4v) is 2.61. The van der Waals surface area contributed by atoms with Crippen molar-refractivity contribution in [3.63, 3.8) is 0 Å². The Morgan fingerprint density at radius 2 is 1.81 bits per heavy atom. The van der Waals surface area contributed by atoms with Gasteiger partial charge in [-0.25, -0.2) is 4.99 Å². The fourth-order valence-electron chi connectivity index (χ4n) is 2.61. The number of nitrogens with one attached hydrogen (secondary N) is 2. The molecule has 1 saturated heterocycles. The molecule has 1 saturated carbocycles. The Balaban J connectivity index is 0.00000338. The molecule has 8 nitrogen and oxygen atoms in total. The van der Waals surface area contributed by atoms with E-state index in [1.54, 1.807) is 19.0 Å². The smallest absolute Gasteiger partial charge is 0.243 e. The first kappa shape index (κ1) is 22.9. The second-order valence-electron chi connectivity index (χ2n) is 6.96. The normalized spacial score (nSPS) is 18.1. The second-order valence-corrected chi connectivity index (χ2v) is 6.96. The third-order valence-corrected chi connectivity index (χ3v) is 4.38. The van der Waals surface area contributed by atoms with Crippen LogP contribution in [0.5, 0.6) is 0 Å². The lowest BCUT2D eigenvalue weighted by atomic mass is 10.3. The number of guanidine groups is 1. The molecule has 2 rings (SSSR count). The van der Waals surface area contributed by atoms with Crippen LogP contribution in [0.3, 0.4) is 0 Å². The van der Waals surface area contributed by atoms with Crippen LogP contribution in [0.25, 0.3) is 0 Å². The standard InChI is InChI=1S/C17H32N6O2.HI/c1-4-7-18-17(19-12-16(25)21(2)3)23-10-8-22(9-11-23)13-15(24)20-14-5-6-14;/h14H,4-13H2,1-3H3,(H,18,19)(H,20,24);1H. The molecular weight excluding hydrogens is 447 g/mol. The topological polar surface area (TPSA) is 80.3 Å². The van der Waals surface area contributed by atoms with Gasteiger partial charge in [-0.1, -0.05) is 6.92 Å². The van der Waals surface area contributed by atoms with Crippen LogP contribution >= 0.6 is 24.0 Å². The van der Waals surface area contributed by atoms with Crippen molar-refractivity contribution >= 4 is 41.8 Å². The molecule has 0 atom stereocenters. The maximum atomic E-state index is 11.9. The van der Waals surface area contributed by atoms with Crippen molar-refractivity contribution in [2.45, 2.75) is 32.2 Å². The third-order valence-electron chi connectivity index (χ3n) is 4.38. The van der Waals surface area contributed by atoms with Crippen LogP contribution in [0.2, 0.25) is 0 Å². The molecule has 0 bridgehead atoms. The summed E-state index contributed by atoms with van der Waals surface area (Å²) in [5.74, 6) is 0.913. The first-order valence-electron chi connectivity index (χ1n) is 9.24. The number of aliphatic imine (C=N–C) groups is 1. The Bertz CT molecular complexity index is 488. The quantitative estimate of drug-likeness (QED) is 0.304. The van der Waals surface area contributed by atoms with Gasteiger partial charge in [-0.05, 0) is 19.3 Å². The van der Waals surface area contributed by atoms with Crippen molar-refractivity contribution < 1.29 is 9.59 Å². The minimum absolute atomic E-state index is 0. The van der Waals surface area contributed by atoms with Gasteiger partial charge in [-0.15, -0.1) is 24.0 Å². The highest BCUT2D eigenvalue weighted by molar-refractivity contribution is 14.0. The molecule has 9 heteroatoms. The van der Waals surface area contributed by atoms with Crippen LogP contribution in [0.4, 0.5) is 0 Å². The molecule has 1 aliphatic heterocycles. The summed E-state index contributed by atoms with van der Waals surface area (Å²) >= 11 is 0. The minimum Gasteiger partial charge on any atom is -0.356 e. The largest absolute Gasteiger partial charge is 0.356 e. The minimum atomic E-state index is -0.00817. The molecule has 2 N–H and O–H groups in total. The zero-order valence-corrected chi connectivity index (χ0v) is 18.5. The zero-order valence-electron chi connectivity index (χ0n) is 16.2. The van der Waals surface area contributed by atoms with Gasteiger partial charge in [0, 0.05) is 52.9 Å². The summed E-state index contributed by atoms with van der Waals surface area (Å²) in [5.41, 5.74) is 0. The molecule has 1 aliphatic carbocycles. The van der Waals surface area contributed by atoms with Crippen LogP contribution < -0.4 is 10.6 Å². The zero-order chi connectivity index (χ0) is 18.2. The number of piperazine rings is 1. The van der Waals surface area contributed by atoms with Crippen LogP contribution in [-0.4, -0.2) is 98.4 Å². The number of hydrogen-bond acceptors (Lipinski definition) is 4. The lowest BCUT2D eigenvalue weighted by molar-refractivity contribution is -0.127. The molecule has 2 aliphatic rings. The van der Waals surface area contributed by atoms with E-state index in [-0.39, 0.29) is 42.3 Å². The summed E-state index contributed by atoms with van der Waals surface area (Å²) in [6.45, 7) is 6.83. The Hall–Kier alpha value is -1.10. The maximum absolute atomic E-state index is 11.9. The first-order chi connectivity index (χ1) is 12.0. The summed E-state index contributed by atoms with van der Waals surface area (Å²) in [6, 6.07) is 0.417.